The molecule has 2 saturated carbocycles. The van der Waals surface area contributed by atoms with Gasteiger partial charge in [0.25, 0.3) is 0 Å². The number of benzene rings is 2. The first-order chi connectivity index (χ1) is 19.9. The molecule has 6 rings (SSSR count). The Labute approximate surface area is 285 Å². The Morgan fingerprint density at radius 3 is 1.66 bits per heavy atom. The second kappa shape index (κ2) is 13.6. The molecule has 2 fully saturated rings. The van der Waals surface area contributed by atoms with Gasteiger partial charge in [-0.05, 0) is 0 Å². The third kappa shape index (κ3) is 6.15. The van der Waals surface area contributed by atoms with Crippen molar-refractivity contribution >= 4 is 35.0 Å². The average molecular weight is 731 g/mol. The largest absolute Gasteiger partial charge is 0.147 e. The Hall–Kier alpha value is -0.400. The number of allylic oxidation sites excluding steroid dienone is 4. The Morgan fingerprint density at radius 2 is 1.18 bits per heavy atom. The van der Waals surface area contributed by atoms with Gasteiger partial charge in [0.2, 0.25) is 0 Å². The van der Waals surface area contributed by atoms with E-state index >= 15 is 0 Å². The second-order valence-electron chi connectivity index (χ2n) is 16.9. The Morgan fingerprint density at radius 1 is 0.659 bits per heavy atom. The fraction of sp³-hybridized carbons (Fsp3) is 0.600. The van der Waals surface area contributed by atoms with Crippen LogP contribution in [-0.2, 0) is 34.6 Å². The summed E-state index contributed by atoms with van der Waals surface area (Å²) in [6, 6.07) is 13.1. The van der Waals surface area contributed by atoms with Gasteiger partial charge in [-0.3, -0.25) is 0 Å². The smallest absolute Gasteiger partial charge is 0.147 e. The molecule has 0 aliphatic heterocycles. The topological polar surface area (TPSA) is 0 Å². The van der Waals surface area contributed by atoms with Gasteiger partial charge in [0.1, 0.15) is 0 Å². The molecule has 0 nitrogen and oxygen atoms in total. The normalized spacial score (nSPS) is 20.1. The molecule has 4 heteroatoms. The number of fused-ring (bicyclic) bond motifs is 3. The SMILES string of the molecule is CC(C)(C)c1ccc2c(c1)-c1cc(C(C)(C)C)c[c]([Zr](=[SiH2])([C]3=CC=CC3)([CH]3CCCCCC3)[CH]3CCCCCC3)c1C2.Cl.Cl. The number of halogens is 2. The molecular formula is C40H60Cl2SiZr. The molecule has 0 radical (unpaired) electrons. The monoisotopic (exact) mass is 728 g/mol. The fourth-order valence-electron chi connectivity index (χ4n) is 9.93. The van der Waals surface area contributed by atoms with E-state index in [1.54, 1.807) is 27.8 Å². The summed E-state index contributed by atoms with van der Waals surface area (Å²) >= 11 is -3.92. The van der Waals surface area contributed by atoms with Crippen molar-refractivity contribution in [2.75, 3.05) is 0 Å². The van der Waals surface area contributed by atoms with E-state index in [1.807, 2.05) is 6.55 Å². The van der Waals surface area contributed by atoms with Gasteiger partial charge < -0.3 is 0 Å². The summed E-state index contributed by atoms with van der Waals surface area (Å²) in [5.74, 6) is 0. The zero-order valence-electron chi connectivity index (χ0n) is 28.7. The van der Waals surface area contributed by atoms with Crippen molar-refractivity contribution in [3.63, 3.8) is 0 Å². The summed E-state index contributed by atoms with van der Waals surface area (Å²) in [6.45, 7) is 17.3. The predicted molar refractivity (Wildman–Crippen MR) is 200 cm³/mol. The van der Waals surface area contributed by atoms with Crippen LogP contribution in [0.2, 0.25) is 7.25 Å². The molecule has 0 spiro atoms. The van der Waals surface area contributed by atoms with E-state index in [-0.39, 0.29) is 35.6 Å². The van der Waals surface area contributed by atoms with Crippen molar-refractivity contribution in [1.82, 2.24) is 0 Å². The van der Waals surface area contributed by atoms with Crippen LogP contribution < -0.4 is 3.27 Å². The van der Waals surface area contributed by atoms with Crippen LogP contribution in [0.5, 0.6) is 0 Å². The van der Waals surface area contributed by atoms with Gasteiger partial charge in [-0.2, -0.15) is 0 Å². The zero-order valence-corrected chi connectivity index (χ0v) is 34.2. The average Bonchev–Trinajstić information content (AvgIpc) is 3.40. The molecular weight excluding hydrogens is 671 g/mol. The molecule has 4 aliphatic rings. The quantitative estimate of drug-likeness (QED) is 0.185. The van der Waals surface area contributed by atoms with Crippen molar-refractivity contribution in [3.05, 3.63) is 74.1 Å². The van der Waals surface area contributed by atoms with Crippen LogP contribution >= 0.6 is 24.8 Å². The van der Waals surface area contributed by atoms with Crippen LogP contribution in [0.4, 0.5) is 0 Å². The standard InChI is InChI=1S/C21H25.2C7H13.C5H5.2ClH.H2Si.Zr/c1-20(2,3)16-9-7-14-11-15-8-10-17(21(4,5)6)13-19(15)18(14)12-16;2*1-2-4-6-7-5-3-1;1-2-4-5-3-1;;;;/h7,9-10,12-13H,11H2,1-6H3;2*1H,2-7H2;1-3H,4H2;2*1H;1H2;. The van der Waals surface area contributed by atoms with Crippen LogP contribution in [0.1, 0.15) is 147 Å². The second-order valence-corrected chi connectivity index (χ2v) is 40.9. The van der Waals surface area contributed by atoms with Crippen molar-refractivity contribution in [1.29, 1.82) is 0 Å². The van der Waals surface area contributed by atoms with E-state index in [0.29, 0.717) is 0 Å². The summed E-state index contributed by atoms with van der Waals surface area (Å²) in [5, 5.41) is 0. The maximum Gasteiger partial charge on any atom is -0.147 e. The van der Waals surface area contributed by atoms with Crippen molar-refractivity contribution < 1.29 is 17.4 Å². The third-order valence-corrected chi connectivity index (χ3v) is 45.1. The van der Waals surface area contributed by atoms with Crippen LogP contribution in [0, 0.1) is 0 Å². The Kier molecular flexibility index (Phi) is 11.3. The summed E-state index contributed by atoms with van der Waals surface area (Å²) in [7, 11) is 0. The molecule has 0 N–H and O–H groups in total. The first kappa shape index (κ1) is 36.4. The van der Waals surface area contributed by atoms with Crippen LogP contribution in [0.3, 0.4) is 0 Å². The van der Waals surface area contributed by atoms with Crippen molar-refractivity contribution in [2.45, 2.75) is 150 Å². The summed E-state index contributed by atoms with van der Waals surface area (Å²) in [5.41, 5.74) is 9.89. The van der Waals surface area contributed by atoms with E-state index < -0.39 is 17.4 Å². The minimum Gasteiger partial charge on any atom is -0.147 e. The number of rotatable bonds is 4. The molecule has 4 aliphatic carbocycles. The molecule has 0 bridgehead atoms. The molecule has 44 heavy (non-hydrogen) atoms. The minimum atomic E-state index is -3.92. The molecule has 242 valence electrons. The third-order valence-electron chi connectivity index (χ3n) is 12.5. The first-order valence-corrected chi connectivity index (χ1v) is 28.8. The van der Waals surface area contributed by atoms with Crippen molar-refractivity contribution in [3.8, 4) is 11.1 Å². The first-order valence-electron chi connectivity index (χ1n) is 17.6. The molecule has 2 aromatic rings. The van der Waals surface area contributed by atoms with Gasteiger partial charge >= 0.3 is 262 Å². The van der Waals surface area contributed by atoms with E-state index in [4.69, 9.17) is 0 Å². The van der Waals surface area contributed by atoms with E-state index in [9.17, 15) is 0 Å². The maximum atomic E-state index is 2.88. The molecule has 0 aromatic heterocycles. The van der Waals surface area contributed by atoms with Gasteiger partial charge in [-0.25, -0.2) is 0 Å². The molecule has 0 amide bonds. The zero-order chi connectivity index (χ0) is 29.8. The Bertz CT molecular complexity index is 1440. The molecule has 0 atom stereocenters. The molecule has 0 heterocycles. The van der Waals surface area contributed by atoms with E-state index in [0.717, 1.165) is 13.7 Å². The maximum absolute atomic E-state index is 3.92. The molecule has 2 aromatic carbocycles. The Balaban J connectivity index is 0.00000221. The summed E-state index contributed by atoms with van der Waals surface area (Å²) < 4.78 is 5.78. The van der Waals surface area contributed by atoms with Gasteiger partial charge in [0.05, 0.1) is 0 Å². The van der Waals surface area contributed by atoms with Crippen LogP contribution in [0.15, 0.2) is 51.8 Å². The van der Waals surface area contributed by atoms with Gasteiger partial charge in [-0.1, -0.05) is 0 Å². The van der Waals surface area contributed by atoms with E-state index in [1.165, 1.54) is 89.0 Å². The van der Waals surface area contributed by atoms with Gasteiger partial charge in [-0.15, -0.1) is 24.8 Å². The fourth-order valence-corrected chi connectivity index (χ4v) is 40.1. The van der Waals surface area contributed by atoms with Crippen LogP contribution in [0.25, 0.3) is 11.1 Å². The van der Waals surface area contributed by atoms with Crippen LogP contribution in [-0.4, -0.2) is 6.88 Å². The molecule has 0 unspecified atom stereocenters. The number of hydrogen-bond acceptors (Lipinski definition) is 0. The van der Waals surface area contributed by atoms with Crippen molar-refractivity contribution in [2.24, 2.45) is 0 Å². The molecule has 0 saturated heterocycles. The van der Waals surface area contributed by atoms with Gasteiger partial charge in [0.15, 0.2) is 0 Å². The summed E-state index contributed by atoms with van der Waals surface area (Å²) in [6.07, 6.45) is 27.6. The van der Waals surface area contributed by atoms with E-state index in [2.05, 4.69) is 97.0 Å². The van der Waals surface area contributed by atoms with Gasteiger partial charge in [0, 0.05) is 0 Å². The predicted octanol–water partition coefficient (Wildman–Crippen LogP) is 11.7. The summed E-state index contributed by atoms with van der Waals surface area (Å²) in [4.78, 5) is 0. The number of hydrogen-bond donors (Lipinski definition) is 0. The minimum absolute atomic E-state index is 0.